The van der Waals surface area contributed by atoms with Crippen LogP contribution < -0.4 is 0 Å². The molecule has 98 valence electrons. The molecule has 0 amide bonds. The van der Waals surface area contributed by atoms with Gasteiger partial charge in [-0.2, -0.15) is 0 Å². The molecule has 0 bridgehead atoms. The highest BCUT2D eigenvalue weighted by Crippen LogP contribution is 2.34. The van der Waals surface area contributed by atoms with E-state index in [1.165, 1.54) is 0 Å². The number of nitrogens with zero attached hydrogens (tertiary/aromatic N) is 2. The van der Waals surface area contributed by atoms with Gasteiger partial charge in [0.1, 0.15) is 6.29 Å². The molecule has 0 radical (unpaired) electrons. The summed E-state index contributed by atoms with van der Waals surface area (Å²) in [5.74, 6) is 0. The zero-order chi connectivity index (χ0) is 12.6. The van der Waals surface area contributed by atoms with Crippen LogP contribution in [0, 0.1) is 0 Å². The maximum absolute atomic E-state index is 10.8. The number of aliphatic hydroxyl groups excluding tert-OH is 1. The maximum atomic E-state index is 10.8. The molecule has 0 unspecified atom stereocenters. The Morgan fingerprint density at radius 1 is 1.00 bits per heavy atom. The van der Waals surface area contributed by atoms with Gasteiger partial charge in [-0.25, -0.2) is 0 Å². The molecule has 0 spiro atoms. The highest BCUT2D eigenvalue weighted by molar-refractivity contribution is 7.51. The molecular formula is C9H23N2O4P. The molecule has 0 rings (SSSR count). The van der Waals surface area contributed by atoms with E-state index in [2.05, 4.69) is 0 Å². The summed E-state index contributed by atoms with van der Waals surface area (Å²) in [6.45, 7) is 7.34. The van der Waals surface area contributed by atoms with Crippen molar-refractivity contribution in [2.75, 3.05) is 45.6 Å². The van der Waals surface area contributed by atoms with Crippen LogP contribution in [0.4, 0.5) is 0 Å². The van der Waals surface area contributed by atoms with E-state index in [1.54, 1.807) is 4.90 Å². The van der Waals surface area contributed by atoms with Gasteiger partial charge in [-0.05, 0) is 13.1 Å². The minimum atomic E-state index is -3.96. The van der Waals surface area contributed by atoms with E-state index < -0.39 is 7.60 Å². The number of hydrogen-bond acceptors (Lipinski definition) is 4. The molecule has 0 aromatic heterocycles. The monoisotopic (exact) mass is 254 g/mol. The first-order valence-electron chi connectivity index (χ1n) is 5.53. The Hall–Kier alpha value is 0.0300. The molecule has 7 heteroatoms. The standard InChI is InChI=1S/C9H23N2O4P/c1-3-10(7-8-12)5-6-11(4-2)9-16(13,14)15/h12H,3-9H2,1-2H3,(H2,13,14,15). The summed E-state index contributed by atoms with van der Waals surface area (Å²) in [7, 11) is -3.96. The van der Waals surface area contributed by atoms with Crippen molar-refractivity contribution < 1.29 is 19.5 Å². The van der Waals surface area contributed by atoms with Crippen LogP contribution in [0.2, 0.25) is 0 Å². The Morgan fingerprint density at radius 2 is 1.50 bits per heavy atom. The molecule has 0 aliphatic heterocycles. The minimum Gasteiger partial charge on any atom is -0.395 e. The van der Waals surface area contributed by atoms with E-state index in [9.17, 15) is 4.57 Å². The molecule has 0 aromatic carbocycles. The number of likely N-dealkylation sites (N-methyl/N-ethyl adjacent to an activating group) is 2. The predicted octanol–water partition coefficient (Wildman–Crippen LogP) is -0.242. The fourth-order valence-electron chi connectivity index (χ4n) is 1.44. The number of aliphatic hydroxyl groups is 1. The van der Waals surface area contributed by atoms with Gasteiger partial charge in [0.15, 0.2) is 0 Å². The predicted molar refractivity (Wildman–Crippen MR) is 63.4 cm³/mol. The lowest BCUT2D eigenvalue weighted by atomic mass is 10.4. The Kier molecular flexibility index (Phi) is 8.18. The maximum Gasteiger partial charge on any atom is 0.339 e. The average molecular weight is 254 g/mol. The van der Waals surface area contributed by atoms with E-state index in [0.717, 1.165) is 6.54 Å². The molecule has 0 aliphatic rings. The SMILES string of the molecule is CCN(CCO)CCN(CC)CP(=O)(O)O. The number of hydrogen-bond donors (Lipinski definition) is 3. The second-order valence-electron chi connectivity index (χ2n) is 3.67. The van der Waals surface area contributed by atoms with Crippen molar-refractivity contribution >= 4 is 7.60 Å². The quantitative estimate of drug-likeness (QED) is 0.492. The van der Waals surface area contributed by atoms with Crippen LogP contribution in [0.3, 0.4) is 0 Å². The average Bonchev–Trinajstić information content (AvgIpc) is 2.20. The van der Waals surface area contributed by atoms with Crippen LogP contribution in [0.15, 0.2) is 0 Å². The van der Waals surface area contributed by atoms with Gasteiger partial charge in [-0.1, -0.05) is 13.8 Å². The summed E-state index contributed by atoms with van der Waals surface area (Å²) in [5, 5.41) is 8.80. The van der Waals surface area contributed by atoms with E-state index >= 15 is 0 Å². The van der Waals surface area contributed by atoms with Gasteiger partial charge in [-0.3, -0.25) is 9.46 Å². The third-order valence-corrected chi connectivity index (χ3v) is 3.20. The van der Waals surface area contributed by atoms with E-state index in [0.29, 0.717) is 26.2 Å². The zero-order valence-electron chi connectivity index (χ0n) is 10.0. The molecule has 0 aromatic rings. The van der Waals surface area contributed by atoms with E-state index in [1.807, 2.05) is 18.7 Å². The molecule has 0 heterocycles. The Morgan fingerprint density at radius 3 is 1.88 bits per heavy atom. The van der Waals surface area contributed by atoms with Crippen molar-refractivity contribution in [2.24, 2.45) is 0 Å². The van der Waals surface area contributed by atoms with Gasteiger partial charge >= 0.3 is 7.60 Å². The molecule has 0 atom stereocenters. The van der Waals surface area contributed by atoms with Crippen LogP contribution in [0.25, 0.3) is 0 Å². The molecule has 0 saturated carbocycles. The largest absolute Gasteiger partial charge is 0.395 e. The Labute approximate surface area is 97.0 Å². The molecule has 0 fully saturated rings. The van der Waals surface area contributed by atoms with Gasteiger partial charge < -0.3 is 19.8 Å². The van der Waals surface area contributed by atoms with Gasteiger partial charge in [0.2, 0.25) is 0 Å². The second kappa shape index (κ2) is 8.17. The first kappa shape index (κ1) is 16.0. The van der Waals surface area contributed by atoms with Gasteiger partial charge in [0.05, 0.1) is 6.61 Å². The van der Waals surface area contributed by atoms with Crippen molar-refractivity contribution in [1.82, 2.24) is 9.80 Å². The summed E-state index contributed by atoms with van der Waals surface area (Å²) in [4.78, 5) is 21.5. The molecule has 16 heavy (non-hydrogen) atoms. The summed E-state index contributed by atoms with van der Waals surface area (Å²) in [5.41, 5.74) is 0. The van der Waals surface area contributed by atoms with Crippen molar-refractivity contribution in [1.29, 1.82) is 0 Å². The third-order valence-electron chi connectivity index (χ3n) is 2.43. The smallest absolute Gasteiger partial charge is 0.339 e. The van der Waals surface area contributed by atoms with Gasteiger partial charge in [0, 0.05) is 19.6 Å². The normalized spacial score (nSPS) is 12.7. The summed E-state index contributed by atoms with van der Waals surface area (Å²) in [6.07, 6.45) is -0.194. The van der Waals surface area contributed by atoms with Crippen LogP contribution in [0.5, 0.6) is 0 Å². The molecule has 0 aliphatic carbocycles. The first-order chi connectivity index (χ1) is 7.42. The first-order valence-corrected chi connectivity index (χ1v) is 7.32. The van der Waals surface area contributed by atoms with Gasteiger partial charge in [-0.15, -0.1) is 0 Å². The van der Waals surface area contributed by atoms with Crippen LogP contribution in [-0.2, 0) is 4.57 Å². The molecule has 0 saturated heterocycles. The lowest BCUT2D eigenvalue weighted by Crippen LogP contribution is -2.36. The third kappa shape index (κ3) is 8.21. The lowest BCUT2D eigenvalue weighted by Gasteiger charge is -2.25. The zero-order valence-corrected chi connectivity index (χ0v) is 10.9. The summed E-state index contributed by atoms with van der Waals surface area (Å²) >= 11 is 0. The Balaban J connectivity index is 3.98. The molecule has 3 N–H and O–H groups in total. The van der Waals surface area contributed by atoms with Crippen molar-refractivity contribution in [3.05, 3.63) is 0 Å². The van der Waals surface area contributed by atoms with E-state index in [4.69, 9.17) is 14.9 Å². The van der Waals surface area contributed by atoms with Crippen molar-refractivity contribution in [3.8, 4) is 0 Å². The van der Waals surface area contributed by atoms with Crippen LogP contribution in [-0.4, -0.2) is 70.3 Å². The summed E-state index contributed by atoms with van der Waals surface area (Å²) < 4.78 is 10.8. The van der Waals surface area contributed by atoms with Crippen LogP contribution >= 0.6 is 7.60 Å². The second-order valence-corrected chi connectivity index (χ2v) is 5.29. The lowest BCUT2D eigenvalue weighted by molar-refractivity contribution is 0.179. The van der Waals surface area contributed by atoms with Crippen LogP contribution in [0.1, 0.15) is 13.8 Å². The topological polar surface area (TPSA) is 84.2 Å². The highest BCUT2D eigenvalue weighted by atomic mass is 31.2. The van der Waals surface area contributed by atoms with Crippen molar-refractivity contribution in [3.63, 3.8) is 0 Å². The minimum absolute atomic E-state index is 0.110. The van der Waals surface area contributed by atoms with Crippen molar-refractivity contribution in [2.45, 2.75) is 13.8 Å². The molecule has 6 nitrogen and oxygen atoms in total. The fourth-order valence-corrected chi connectivity index (χ4v) is 2.30. The molecular weight excluding hydrogens is 231 g/mol. The van der Waals surface area contributed by atoms with E-state index in [-0.39, 0.29) is 12.9 Å². The van der Waals surface area contributed by atoms with Gasteiger partial charge in [0.25, 0.3) is 0 Å². The fraction of sp³-hybridized carbons (Fsp3) is 1.00. The Bertz CT molecular complexity index is 222. The summed E-state index contributed by atoms with van der Waals surface area (Å²) in [6, 6.07) is 0. The number of rotatable bonds is 9. The highest BCUT2D eigenvalue weighted by Gasteiger charge is 2.18.